The van der Waals surface area contributed by atoms with Crippen LogP contribution in [-0.2, 0) is 17.8 Å². The second kappa shape index (κ2) is 7.22. The maximum absolute atomic E-state index is 5.60. The summed E-state index contributed by atoms with van der Waals surface area (Å²) in [5.74, 6) is 0.616. The molecule has 0 saturated carbocycles. The fraction of sp³-hybridized carbons (Fsp3) is 0.786. The first-order chi connectivity index (χ1) is 8.85. The van der Waals surface area contributed by atoms with E-state index in [0.29, 0.717) is 12.5 Å². The number of nitrogens with zero attached hydrogens (tertiary/aromatic N) is 1. The number of hydrogen-bond acceptors (Lipinski definition) is 4. The maximum Gasteiger partial charge on any atom is 0.119 e. The first kappa shape index (κ1) is 14.0. The highest BCUT2D eigenvalue weighted by Gasteiger charge is 2.24. The van der Waals surface area contributed by atoms with E-state index in [4.69, 9.17) is 9.72 Å². The standard InChI is InChI=1S/C14H24N2OS/c1-3-8-17-10-13-16-14-11(9-15-4-2)6-5-7-12(14)18-13/h11,15H,3-10H2,1-2H3. The van der Waals surface area contributed by atoms with E-state index < -0.39 is 0 Å². The predicted octanol–water partition coefficient (Wildman–Crippen LogP) is 3.10. The Morgan fingerprint density at radius 3 is 3.11 bits per heavy atom. The van der Waals surface area contributed by atoms with Gasteiger partial charge < -0.3 is 10.1 Å². The van der Waals surface area contributed by atoms with Gasteiger partial charge in [-0.2, -0.15) is 0 Å². The molecule has 1 N–H and O–H groups in total. The van der Waals surface area contributed by atoms with E-state index in [1.807, 2.05) is 11.3 Å². The van der Waals surface area contributed by atoms with Gasteiger partial charge in [-0.25, -0.2) is 4.98 Å². The molecule has 18 heavy (non-hydrogen) atoms. The highest BCUT2D eigenvalue weighted by Crippen LogP contribution is 2.34. The van der Waals surface area contributed by atoms with Crippen LogP contribution in [0.15, 0.2) is 0 Å². The first-order valence-corrected chi connectivity index (χ1v) is 7.93. The van der Waals surface area contributed by atoms with Crippen molar-refractivity contribution in [2.75, 3.05) is 19.7 Å². The number of aromatic nitrogens is 1. The quantitative estimate of drug-likeness (QED) is 0.772. The number of hydrogen-bond donors (Lipinski definition) is 1. The van der Waals surface area contributed by atoms with Gasteiger partial charge in [0.25, 0.3) is 0 Å². The number of nitrogens with one attached hydrogen (secondary N) is 1. The molecule has 0 amide bonds. The Labute approximate surface area is 114 Å². The van der Waals surface area contributed by atoms with Crippen molar-refractivity contribution in [3.05, 3.63) is 15.6 Å². The van der Waals surface area contributed by atoms with Crippen LogP contribution in [0.1, 0.15) is 54.6 Å². The van der Waals surface area contributed by atoms with Crippen LogP contribution in [0, 0.1) is 0 Å². The molecule has 1 aliphatic carbocycles. The summed E-state index contributed by atoms with van der Waals surface area (Å²) in [6.07, 6.45) is 4.87. The lowest BCUT2D eigenvalue weighted by Crippen LogP contribution is -2.24. The number of fused-ring (bicyclic) bond motifs is 1. The zero-order chi connectivity index (χ0) is 12.8. The molecule has 1 atom stereocenters. The van der Waals surface area contributed by atoms with Gasteiger partial charge in [-0.1, -0.05) is 13.8 Å². The Morgan fingerprint density at radius 1 is 1.44 bits per heavy atom. The van der Waals surface area contributed by atoms with Gasteiger partial charge in [0, 0.05) is 23.9 Å². The van der Waals surface area contributed by atoms with Gasteiger partial charge in [0.15, 0.2) is 0 Å². The lowest BCUT2D eigenvalue weighted by atomic mass is 9.91. The largest absolute Gasteiger partial charge is 0.374 e. The summed E-state index contributed by atoms with van der Waals surface area (Å²) in [5.41, 5.74) is 1.35. The van der Waals surface area contributed by atoms with Crippen LogP contribution in [-0.4, -0.2) is 24.7 Å². The Hall–Kier alpha value is -0.450. The van der Waals surface area contributed by atoms with Crippen molar-refractivity contribution >= 4 is 11.3 Å². The fourth-order valence-electron chi connectivity index (χ4n) is 2.44. The molecule has 1 unspecified atom stereocenters. The molecule has 102 valence electrons. The van der Waals surface area contributed by atoms with Crippen LogP contribution in [0.25, 0.3) is 0 Å². The number of thiazole rings is 1. The Bertz CT molecular complexity index is 365. The summed E-state index contributed by atoms with van der Waals surface area (Å²) in [6.45, 7) is 7.95. The smallest absolute Gasteiger partial charge is 0.119 e. The molecule has 1 aliphatic rings. The summed E-state index contributed by atoms with van der Waals surface area (Å²) in [4.78, 5) is 6.31. The van der Waals surface area contributed by atoms with Crippen molar-refractivity contribution in [1.82, 2.24) is 10.3 Å². The van der Waals surface area contributed by atoms with Crippen LogP contribution < -0.4 is 5.32 Å². The molecule has 1 aromatic heterocycles. The summed E-state index contributed by atoms with van der Waals surface area (Å²) in [5, 5.41) is 4.62. The van der Waals surface area contributed by atoms with Crippen molar-refractivity contribution < 1.29 is 4.74 Å². The molecule has 0 spiro atoms. The predicted molar refractivity (Wildman–Crippen MR) is 76.3 cm³/mol. The summed E-state index contributed by atoms with van der Waals surface area (Å²) in [7, 11) is 0. The highest BCUT2D eigenvalue weighted by molar-refractivity contribution is 7.11. The van der Waals surface area contributed by atoms with Gasteiger partial charge >= 0.3 is 0 Å². The first-order valence-electron chi connectivity index (χ1n) is 7.12. The average molecular weight is 268 g/mol. The van der Waals surface area contributed by atoms with E-state index in [9.17, 15) is 0 Å². The van der Waals surface area contributed by atoms with Crippen LogP contribution in [0.4, 0.5) is 0 Å². The van der Waals surface area contributed by atoms with Crippen LogP contribution in [0.3, 0.4) is 0 Å². The van der Waals surface area contributed by atoms with E-state index in [1.54, 1.807) is 0 Å². The minimum atomic E-state index is 0.616. The molecule has 0 fully saturated rings. The zero-order valence-corrected chi connectivity index (χ0v) is 12.3. The van der Waals surface area contributed by atoms with E-state index in [1.165, 1.54) is 29.8 Å². The van der Waals surface area contributed by atoms with E-state index in [0.717, 1.165) is 31.1 Å². The van der Waals surface area contributed by atoms with Gasteiger partial charge in [0.05, 0.1) is 12.3 Å². The Morgan fingerprint density at radius 2 is 2.33 bits per heavy atom. The normalized spacial score (nSPS) is 18.9. The van der Waals surface area contributed by atoms with Crippen molar-refractivity contribution in [3.63, 3.8) is 0 Å². The molecule has 4 heteroatoms. The second-order valence-electron chi connectivity index (χ2n) is 4.87. The number of likely N-dealkylation sites (N-methyl/N-ethyl adjacent to an activating group) is 1. The molecule has 0 aliphatic heterocycles. The third-order valence-electron chi connectivity index (χ3n) is 3.33. The molecule has 1 aromatic rings. The molecule has 3 nitrogen and oxygen atoms in total. The molecular weight excluding hydrogens is 244 g/mol. The minimum Gasteiger partial charge on any atom is -0.374 e. The summed E-state index contributed by atoms with van der Waals surface area (Å²) < 4.78 is 5.60. The third kappa shape index (κ3) is 3.53. The Kier molecular flexibility index (Phi) is 5.60. The van der Waals surface area contributed by atoms with Crippen LogP contribution >= 0.6 is 11.3 Å². The van der Waals surface area contributed by atoms with E-state index in [2.05, 4.69) is 19.2 Å². The molecular formula is C14H24N2OS. The average Bonchev–Trinajstić information content (AvgIpc) is 2.80. The number of rotatable bonds is 7. The second-order valence-corrected chi connectivity index (χ2v) is 6.03. The van der Waals surface area contributed by atoms with Crippen LogP contribution in [0.2, 0.25) is 0 Å². The maximum atomic E-state index is 5.60. The minimum absolute atomic E-state index is 0.616. The fourth-order valence-corrected chi connectivity index (χ4v) is 3.57. The van der Waals surface area contributed by atoms with Crippen molar-refractivity contribution in [1.29, 1.82) is 0 Å². The molecule has 2 rings (SSSR count). The lowest BCUT2D eigenvalue weighted by Gasteiger charge is -2.21. The summed E-state index contributed by atoms with van der Waals surface area (Å²) >= 11 is 1.86. The highest BCUT2D eigenvalue weighted by atomic mass is 32.1. The zero-order valence-electron chi connectivity index (χ0n) is 11.5. The molecule has 1 heterocycles. The van der Waals surface area contributed by atoms with Crippen molar-refractivity contribution in [2.45, 2.75) is 52.1 Å². The topological polar surface area (TPSA) is 34.1 Å². The monoisotopic (exact) mass is 268 g/mol. The van der Waals surface area contributed by atoms with E-state index in [-0.39, 0.29) is 0 Å². The van der Waals surface area contributed by atoms with Crippen molar-refractivity contribution in [2.24, 2.45) is 0 Å². The van der Waals surface area contributed by atoms with Gasteiger partial charge in [-0.05, 0) is 32.2 Å². The van der Waals surface area contributed by atoms with E-state index >= 15 is 0 Å². The van der Waals surface area contributed by atoms with Gasteiger partial charge in [-0.3, -0.25) is 0 Å². The van der Waals surface area contributed by atoms with Crippen LogP contribution in [0.5, 0.6) is 0 Å². The third-order valence-corrected chi connectivity index (χ3v) is 4.43. The van der Waals surface area contributed by atoms with Gasteiger partial charge in [0.1, 0.15) is 5.01 Å². The summed E-state index contributed by atoms with van der Waals surface area (Å²) in [6, 6.07) is 0. The molecule has 0 bridgehead atoms. The number of aryl methyl sites for hydroxylation is 1. The molecule has 0 saturated heterocycles. The lowest BCUT2D eigenvalue weighted by molar-refractivity contribution is 0.121. The molecule has 0 radical (unpaired) electrons. The molecule has 0 aromatic carbocycles. The van der Waals surface area contributed by atoms with Gasteiger partial charge in [-0.15, -0.1) is 11.3 Å². The Balaban J connectivity index is 1.98. The van der Waals surface area contributed by atoms with Crippen molar-refractivity contribution in [3.8, 4) is 0 Å². The van der Waals surface area contributed by atoms with Gasteiger partial charge in [0.2, 0.25) is 0 Å². The number of ether oxygens (including phenoxy) is 1. The SMILES string of the molecule is CCCOCc1nc2c(s1)CCCC2CNCC.